The van der Waals surface area contributed by atoms with E-state index in [1.807, 2.05) is 0 Å². The minimum absolute atomic E-state index is 0.143. The molecular weight excluding hydrogens is 306 g/mol. The number of amides is 1. The van der Waals surface area contributed by atoms with Gasteiger partial charge in [-0.15, -0.1) is 0 Å². The minimum atomic E-state index is -3.69. The van der Waals surface area contributed by atoms with E-state index >= 15 is 0 Å². The summed E-state index contributed by atoms with van der Waals surface area (Å²) in [6, 6.07) is 0. The summed E-state index contributed by atoms with van der Waals surface area (Å²) in [6.07, 6.45) is -1.14. The third-order valence-corrected chi connectivity index (χ3v) is 3.67. The molecule has 1 heterocycles. The number of morpholine rings is 1. The van der Waals surface area contributed by atoms with Gasteiger partial charge in [0.05, 0.1) is 30.5 Å². The van der Waals surface area contributed by atoms with Crippen LogP contribution in [0.3, 0.4) is 0 Å². The van der Waals surface area contributed by atoms with Gasteiger partial charge in [0.1, 0.15) is 5.60 Å². The Labute approximate surface area is 124 Å². The van der Waals surface area contributed by atoms with Crippen molar-refractivity contribution >= 4 is 25.8 Å². The van der Waals surface area contributed by atoms with Gasteiger partial charge in [-0.05, 0) is 34.6 Å². The highest BCUT2D eigenvalue weighted by Crippen LogP contribution is 2.24. The van der Waals surface area contributed by atoms with Gasteiger partial charge < -0.3 is 14.4 Å². The van der Waals surface area contributed by atoms with E-state index in [0.29, 0.717) is 6.54 Å². The first-order valence-corrected chi connectivity index (χ1v) is 8.83. The van der Waals surface area contributed by atoms with E-state index in [-0.39, 0.29) is 12.3 Å². The number of halogens is 1. The summed E-state index contributed by atoms with van der Waals surface area (Å²) in [7, 11) is 1.56. The second kappa shape index (κ2) is 5.69. The predicted molar refractivity (Wildman–Crippen MR) is 76.4 cm³/mol. The molecule has 8 heteroatoms. The van der Waals surface area contributed by atoms with Crippen molar-refractivity contribution in [1.82, 2.24) is 4.90 Å². The largest absolute Gasteiger partial charge is 0.444 e. The van der Waals surface area contributed by atoms with Gasteiger partial charge in [0, 0.05) is 10.7 Å². The van der Waals surface area contributed by atoms with Crippen molar-refractivity contribution in [2.75, 3.05) is 18.8 Å². The highest BCUT2D eigenvalue weighted by Gasteiger charge is 2.38. The Morgan fingerprint density at radius 2 is 2.00 bits per heavy atom. The van der Waals surface area contributed by atoms with Gasteiger partial charge in [0.25, 0.3) is 0 Å². The van der Waals surface area contributed by atoms with Crippen molar-refractivity contribution in [2.45, 2.75) is 51.9 Å². The smallest absolute Gasteiger partial charge is 0.410 e. The fraction of sp³-hybridized carbons (Fsp3) is 0.917. The van der Waals surface area contributed by atoms with Gasteiger partial charge in [-0.25, -0.2) is 13.2 Å². The van der Waals surface area contributed by atoms with Crippen LogP contribution >= 0.6 is 10.7 Å². The van der Waals surface area contributed by atoms with Crippen LogP contribution in [0.4, 0.5) is 4.79 Å². The van der Waals surface area contributed by atoms with Crippen LogP contribution in [0.2, 0.25) is 0 Å². The van der Waals surface area contributed by atoms with Crippen molar-refractivity contribution in [3.05, 3.63) is 0 Å². The first kappa shape index (κ1) is 17.5. The Balaban J connectivity index is 2.80. The zero-order valence-corrected chi connectivity index (χ0v) is 14.0. The molecule has 0 aromatic rings. The minimum Gasteiger partial charge on any atom is -0.444 e. The molecular formula is C12H22ClNO5S. The number of carbonyl (C=O) groups excluding carboxylic acids is 1. The molecule has 1 atom stereocenters. The van der Waals surface area contributed by atoms with Gasteiger partial charge in [-0.2, -0.15) is 0 Å². The lowest BCUT2D eigenvalue weighted by Crippen LogP contribution is -2.56. The summed E-state index contributed by atoms with van der Waals surface area (Å²) in [4.78, 5) is 13.5. The van der Waals surface area contributed by atoms with Gasteiger partial charge in [0.2, 0.25) is 9.05 Å². The number of hydrogen-bond acceptors (Lipinski definition) is 5. The van der Waals surface area contributed by atoms with E-state index in [9.17, 15) is 13.2 Å². The van der Waals surface area contributed by atoms with Crippen LogP contribution < -0.4 is 0 Å². The molecule has 1 aliphatic heterocycles. The first-order valence-electron chi connectivity index (χ1n) is 6.35. The quantitative estimate of drug-likeness (QED) is 0.725. The molecule has 1 amide bonds. The van der Waals surface area contributed by atoms with Crippen molar-refractivity contribution in [2.24, 2.45) is 0 Å². The van der Waals surface area contributed by atoms with Gasteiger partial charge in [-0.1, -0.05) is 0 Å². The maximum atomic E-state index is 12.1. The normalized spacial score (nSPS) is 23.5. The van der Waals surface area contributed by atoms with Crippen LogP contribution in [-0.4, -0.2) is 55.6 Å². The highest BCUT2D eigenvalue weighted by molar-refractivity contribution is 8.13. The average Bonchev–Trinajstić information content (AvgIpc) is 2.08. The third-order valence-electron chi connectivity index (χ3n) is 2.52. The van der Waals surface area contributed by atoms with Crippen LogP contribution in [0.5, 0.6) is 0 Å². The van der Waals surface area contributed by atoms with Crippen molar-refractivity contribution < 1.29 is 22.7 Å². The maximum absolute atomic E-state index is 12.1. The summed E-state index contributed by atoms with van der Waals surface area (Å²) in [6.45, 7) is 9.38. The molecule has 1 fully saturated rings. The molecule has 0 N–H and O–H groups in total. The molecule has 0 saturated carbocycles. The summed E-state index contributed by atoms with van der Waals surface area (Å²) < 4.78 is 33.3. The summed E-state index contributed by atoms with van der Waals surface area (Å²) >= 11 is 0. The number of hydrogen-bond donors (Lipinski definition) is 0. The van der Waals surface area contributed by atoms with Gasteiger partial charge in [-0.3, -0.25) is 0 Å². The van der Waals surface area contributed by atoms with Gasteiger partial charge >= 0.3 is 6.09 Å². The molecule has 0 unspecified atom stereocenters. The molecule has 0 bridgehead atoms. The molecule has 0 spiro atoms. The molecule has 20 heavy (non-hydrogen) atoms. The Bertz CT molecular complexity index is 469. The van der Waals surface area contributed by atoms with E-state index in [2.05, 4.69) is 0 Å². The zero-order valence-electron chi connectivity index (χ0n) is 12.5. The topological polar surface area (TPSA) is 72.9 Å². The molecule has 1 rings (SSSR count). The number of ether oxygens (including phenoxy) is 2. The van der Waals surface area contributed by atoms with E-state index in [0.717, 1.165) is 0 Å². The fourth-order valence-electron chi connectivity index (χ4n) is 2.07. The fourth-order valence-corrected chi connectivity index (χ4v) is 3.11. The molecule has 1 aliphatic rings. The lowest BCUT2D eigenvalue weighted by atomic mass is 10.1. The Morgan fingerprint density at radius 1 is 1.45 bits per heavy atom. The van der Waals surface area contributed by atoms with Gasteiger partial charge in [0.15, 0.2) is 0 Å². The standard InChI is InChI=1S/C12H22ClNO5S/c1-11(2,3)19-10(15)14-6-9(7-20(13,16)17)18-12(4,5)8-14/h9H,6-8H2,1-5H3/t9-/m1/s1. The summed E-state index contributed by atoms with van der Waals surface area (Å²) in [5.41, 5.74) is -1.25. The van der Waals surface area contributed by atoms with Crippen LogP contribution in [0.15, 0.2) is 0 Å². The highest BCUT2D eigenvalue weighted by atomic mass is 35.7. The zero-order chi connectivity index (χ0) is 15.8. The maximum Gasteiger partial charge on any atom is 0.410 e. The van der Waals surface area contributed by atoms with E-state index in [4.69, 9.17) is 20.2 Å². The Kier molecular flexibility index (Phi) is 4.99. The first-order chi connectivity index (χ1) is 8.77. The summed E-state index contributed by atoms with van der Waals surface area (Å²) in [5.74, 6) is -0.336. The van der Waals surface area contributed by atoms with Crippen LogP contribution in [-0.2, 0) is 18.5 Å². The van der Waals surface area contributed by atoms with Crippen molar-refractivity contribution in [3.63, 3.8) is 0 Å². The molecule has 1 saturated heterocycles. The Hall–Kier alpha value is -0.530. The SMILES string of the molecule is CC(C)(C)OC(=O)N1C[C@H](CS(=O)(=O)Cl)OC(C)(C)C1. The molecule has 0 aliphatic carbocycles. The molecule has 0 radical (unpaired) electrons. The van der Waals surface area contributed by atoms with E-state index in [1.165, 1.54) is 4.90 Å². The van der Waals surface area contributed by atoms with E-state index in [1.54, 1.807) is 34.6 Å². The molecule has 6 nitrogen and oxygen atoms in total. The Morgan fingerprint density at radius 3 is 2.45 bits per heavy atom. The monoisotopic (exact) mass is 327 g/mol. The molecule has 118 valence electrons. The number of rotatable bonds is 2. The lowest BCUT2D eigenvalue weighted by Gasteiger charge is -2.42. The number of nitrogens with zero attached hydrogens (tertiary/aromatic N) is 1. The second-order valence-electron chi connectivity index (χ2n) is 6.57. The van der Waals surface area contributed by atoms with Crippen molar-refractivity contribution in [3.8, 4) is 0 Å². The number of carbonyl (C=O) groups is 1. The third kappa shape index (κ3) is 6.28. The summed E-state index contributed by atoms with van der Waals surface area (Å²) in [5, 5.41) is 0. The van der Waals surface area contributed by atoms with Crippen LogP contribution in [0, 0.1) is 0 Å². The average molecular weight is 328 g/mol. The molecule has 0 aromatic heterocycles. The van der Waals surface area contributed by atoms with Crippen LogP contribution in [0.25, 0.3) is 0 Å². The van der Waals surface area contributed by atoms with Crippen LogP contribution in [0.1, 0.15) is 34.6 Å². The predicted octanol–water partition coefficient (Wildman–Crippen LogP) is 1.97. The second-order valence-corrected chi connectivity index (χ2v) is 9.39. The lowest BCUT2D eigenvalue weighted by molar-refractivity contribution is -0.125. The van der Waals surface area contributed by atoms with E-state index < -0.39 is 32.5 Å². The van der Waals surface area contributed by atoms with Crippen molar-refractivity contribution in [1.29, 1.82) is 0 Å². The molecule has 0 aromatic carbocycles.